The SMILES string of the molecule is CCSSCCN(C)CC[C@@H](C)CC. The van der Waals surface area contributed by atoms with Crippen molar-refractivity contribution in [2.24, 2.45) is 5.92 Å². The van der Waals surface area contributed by atoms with E-state index in [0.717, 1.165) is 5.92 Å². The van der Waals surface area contributed by atoms with Crippen LogP contribution in [0.4, 0.5) is 0 Å². The molecule has 0 aromatic heterocycles. The third-order valence-corrected chi connectivity index (χ3v) is 4.92. The zero-order valence-corrected chi connectivity index (χ0v) is 11.7. The van der Waals surface area contributed by atoms with Crippen LogP contribution >= 0.6 is 21.6 Å². The Hall–Kier alpha value is 0.660. The fraction of sp³-hybridized carbons (Fsp3) is 1.00. The molecule has 14 heavy (non-hydrogen) atoms. The van der Waals surface area contributed by atoms with Crippen molar-refractivity contribution in [3.63, 3.8) is 0 Å². The standard InChI is InChI=1S/C11H25NS2/c1-5-11(3)7-8-12(4)9-10-14-13-6-2/h11H,5-10H2,1-4H3/t11-/m0/s1. The minimum absolute atomic E-state index is 0.884. The van der Waals surface area contributed by atoms with Crippen LogP contribution in [0.15, 0.2) is 0 Å². The lowest BCUT2D eigenvalue weighted by molar-refractivity contribution is 0.319. The normalized spacial score (nSPS) is 13.5. The predicted molar refractivity (Wildman–Crippen MR) is 72.2 cm³/mol. The Kier molecular flexibility index (Phi) is 10.7. The van der Waals surface area contributed by atoms with E-state index in [1.807, 2.05) is 21.6 Å². The lowest BCUT2D eigenvalue weighted by Gasteiger charge is -2.18. The molecule has 0 aromatic rings. The average molecular weight is 235 g/mol. The van der Waals surface area contributed by atoms with Gasteiger partial charge in [-0.15, -0.1) is 0 Å². The second kappa shape index (κ2) is 10.2. The highest BCUT2D eigenvalue weighted by atomic mass is 33.1. The van der Waals surface area contributed by atoms with Gasteiger partial charge in [-0.25, -0.2) is 0 Å². The second-order valence-corrected chi connectivity index (χ2v) is 6.71. The molecule has 86 valence electrons. The summed E-state index contributed by atoms with van der Waals surface area (Å²) in [5.41, 5.74) is 0. The zero-order chi connectivity index (χ0) is 10.8. The Morgan fingerprint density at radius 3 is 2.43 bits per heavy atom. The molecule has 0 saturated carbocycles. The van der Waals surface area contributed by atoms with Gasteiger partial charge in [0.25, 0.3) is 0 Å². The summed E-state index contributed by atoms with van der Waals surface area (Å²) in [5.74, 6) is 3.37. The molecule has 0 aliphatic heterocycles. The third-order valence-electron chi connectivity index (χ3n) is 2.46. The van der Waals surface area contributed by atoms with Crippen LogP contribution < -0.4 is 0 Å². The maximum absolute atomic E-state index is 2.45. The van der Waals surface area contributed by atoms with Gasteiger partial charge in [0.1, 0.15) is 0 Å². The molecular weight excluding hydrogens is 210 g/mol. The molecule has 0 fully saturated rings. The van der Waals surface area contributed by atoms with Crippen LogP contribution in [-0.2, 0) is 0 Å². The predicted octanol–water partition coefficient (Wildman–Crippen LogP) is 3.76. The molecule has 0 aliphatic rings. The van der Waals surface area contributed by atoms with Gasteiger partial charge in [-0.2, -0.15) is 0 Å². The molecule has 0 aliphatic carbocycles. The number of hydrogen-bond acceptors (Lipinski definition) is 3. The molecule has 0 radical (unpaired) electrons. The van der Waals surface area contributed by atoms with E-state index in [1.165, 1.54) is 37.4 Å². The van der Waals surface area contributed by atoms with Crippen LogP contribution in [0.1, 0.15) is 33.6 Å². The molecule has 0 spiro atoms. The van der Waals surface area contributed by atoms with Gasteiger partial charge >= 0.3 is 0 Å². The van der Waals surface area contributed by atoms with Gasteiger partial charge in [0.05, 0.1) is 0 Å². The minimum Gasteiger partial charge on any atom is -0.306 e. The maximum atomic E-state index is 2.45. The minimum atomic E-state index is 0.884. The quantitative estimate of drug-likeness (QED) is 0.442. The van der Waals surface area contributed by atoms with Gasteiger partial charge in [-0.05, 0) is 25.9 Å². The Morgan fingerprint density at radius 1 is 1.14 bits per heavy atom. The van der Waals surface area contributed by atoms with Crippen molar-refractivity contribution < 1.29 is 0 Å². The first-order valence-electron chi connectivity index (χ1n) is 5.63. The van der Waals surface area contributed by atoms with Gasteiger partial charge in [-0.3, -0.25) is 0 Å². The van der Waals surface area contributed by atoms with Crippen molar-refractivity contribution in [2.45, 2.75) is 33.6 Å². The Labute approximate surface area is 97.8 Å². The first-order valence-corrected chi connectivity index (χ1v) is 8.12. The molecule has 0 heterocycles. The van der Waals surface area contributed by atoms with Gasteiger partial charge < -0.3 is 4.90 Å². The summed E-state index contributed by atoms with van der Waals surface area (Å²) in [7, 11) is 6.20. The summed E-state index contributed by atoms with van der Waals surface area (Å²) in [6.07, 6.45) is 2.66. The summed E-state index contributed by atoms with van der Waals surface area (Å²) in [4.78, 5) is 2.45. The van der Waals surface area contributed by atoms with Crippen molar-refractivity contribution in [3.8, 4) is 0 Å². The van der Waals surface area contributed by atoms with E-state index in [2.05, 4.69) is 32.7 Å². The van der Waals surface area contributed by atoms with E-state index < -0.39 is 0 Å². The van der Waals surface area contributed by atoms with E-state index in [4.69, 9.17) is 0 Å². The topological polar surface area (TPSA) is 3.24 Å². The van der Waals surface area contributed by atoms with E-state index in [9.17, 15) is 0 Å². The average Bonchev–Trinajstić information content (AvgIpc) is 2.21. The number of nitrogens with zero attached hydrogens (tertiary/aromatic N) is 1. The zero-order valence-electron chi connectivity index (χ0n) is 10.1. The highest BCUT2D eigenvalue weighted by molar-refractivity contribution is 8.76. The van der Waals surface area contributed by atoms with E-state index in [1.54, 1.807) is 0 Å². The Balaban J connectivity index is 3.23. The molecule has 0 N–H and O–H groups in total. The summed E-state index contributed by atoms with van der Waals surface area (Å²) in [5, 5.41) is 0. The van der Waals surface area contributed by atoms with Gasteiger partial charge in [0, 0.05) is 18.1 Å². The van der Waals surface area contributed by atoms with E-state index >= 15 is 0 Å². The summed E-state index contributed by atoms with van der Waals surface area (Å²) >= 11 is 0. The fourth-order valence-corrected chi connectivity index (χ4v) is 2.84. The molecule has 0 saturated heterocycles. The van der Waals surface area contributed by atoms with Crippen LogP contribution in [0.5, 0.6) is 0 Å². The lowest BCUT2D eigenvalue weighted by Crippen LogP contribution is -2.23. The number of hydrogen-bond donors (Lipinski definition) is 0. The first kappa shape index (κ1) is 14.7. The van der Waals surface area contributed by atoms with Gasteiger partial charge in [0.2, 0.25) is 0 Å². The molecule has 1 nitrogen and oxygen atoms in total. The molecule has 0 unspecified atom stereocenters. The van der Waals surface area contributed by atoms with Crippen LogP contribution in [0.2, 0.25) is 0 Å². The molecule has 0 rings (SSSR count). The van der Waals surface area contributed by atoms with Gasteiger partial charge in [-0.1, -0.05) is 48.8 Å². The maximum Gasteiger partial charge on any atom is 0.0165 e. The van der Waals surface area contributed by atoms with Crippen molar-refractivity contribution >= 4 is 21.6 Å². The molecular formula is C11H25NS2. The van der Waals surface area contributed by atoms with Crippen LogP contribution in [-0.4, -0.2) is 36.5 Å². The summed E-state index contributed by atoms with van der Waals surface area (Å²) in [6.45, 7) is 9.32. The molecule has 3 heteroatoms. The first-order chi connectivity index (χ1) is 6.70. The van der Waals surface area contributed by atoms with E-state index in [0.29, 0.717) is 0 Å². The number of rotatable bonds is 9. The van der Waals surface area contributed by atoms with Crippen molar-refractivity contribution in [1.29, 1.82) is 0 Å². The monoisotopic (exact) mass is 235 g/mol. The summed E-state index contributed by atoms with van der Waals surface area (Å²) < 4.78 is 0. The van der Waals surface area contributed by atoms with Crippen molar-refractivity contribution in [3.05, 3.63) is 0 Å². The highest BCUT2D eigenvalue weighted by Crippen LogP contribution is 2.19. The Bertz CT molecular complexity index is 120. The fourth-order valence-electron chi connectivity index (χ4n) is 1.09. The smallest absolute Gasteiger partial charge is 0.0165 e. The van der Waals surface area contributed by atoms with Crippen molar-refractivity contribution in [1.82, 2.24) is 4.90 Å². The third kappa shape index (κ3) is 9.22. The van der Waals surface area contributed by atoms with Crippen LogP contribution in [0, 0.1) is 5.92 Å². The van der Waals surface area contributed by atoms with Gasteiger partial charge in [0.15, 0.2) is 0 Å². The molecule has 0 aromatic carbocycles. The van der Waals surface area contributed by atoms with E-state index in [-0.39, 0.29) is 0 Å². The molecule has 0 bridgehead atoms. The van der Waals surface area contributed by atoms with Crippen molar-refractivity contribution in [2.75, 3.05) is 31.6 Å². The largest absolute Gasteiger partial charge is 0.306 e. The molecule has 0 amide bonds. The summed E-state index contributed by atoms with van der Waals surface area (Å²) in [6, 6.07) is 0. The lowest BCUT2D eigenvalue weighted by atomic mass is 10.1. The Morgan fingerprint density at radius 2 is 1.86 bits per heavy atom. The molecule has 1 atom stereocenters. The van der Waals surface area contributed by atoms with Crippen LogP contribution in [0.25, 0.3) is 0 Å². The highest BCUT2D eigenvalue weighted by Gasteiger charge is 2.02. The second-order valence-electron chi connectivity index (χ2n) is 3.83. The van der Waals surface area contributed by atoms with Crippen LogP contribution in [0.3, 0.4) is 0 Å².